The van der Waals surface area contributed by atoms with Crippen molar-refractivity contribution in [2.45, 2.75) is 13.1 Å². The summed E-state index contributed by atoms with van der Waals surface area (Å²) in [5.41, 5.74) is 1.94. The molecule has 3 aromatic rings. The van der Waals surface area contributed by atoms with Gasteiger partial charge in [-0.2, -0.15) is 4.80 Å². The van der Waals surface area contributed by atoms with E-state index in [1.54, 1.807) is 11.9 Å². The molecule has 6 nitrogen and oxygen atoms in total. The maximum atomic E-state index is 12.3. The first kappa shape index (κ1) is 16.3. The van der Waals surface area contributed by atoms with Gasteiger partial charge in [-0.3, -0.25) is 4.79 Å². The van der Waals surface area contributed by atoms with Crippen molar-refractivity contribution in [3.63, 3.8) is 0 Å². The second kappa shape index (κ2) is 7.35. The highest BCUT2D eigenvalue weighted by atomic mass is 79.9. The van der Waals surface area contributed by atoms with Gasteiger partial charge in [0, 0.05) is 23.6 Å². The first-order chi connectivity index (χ1) is 11.6. The zero-order valence-electron chi connectivity index (χ0n) is 13.1. The van der Waals surface area contributed by atoms with Gasteiger partial charge in [0.25, 0.3) is 0 Å². The Kier molecular flexibility index (Phi) is 5.00. The lowest BCUT2D eigenvalue weighted by Crippen LogP contribution is -2.30. The number of likely N-dealkylation sites (N-methyl/N-ethyl adjacent to an activating group) is 1. The smallest absolute Gasteiger partial charge is 0.246 e. The van der Waals surface area contributed by atoms with E-state index in [0.717, 1.165) is 15.6 Å². The normalized spacial score (nSPS) is 10.6. The van der Waals surface area contributed by atoms with Gasteiger partial charge in [-0.05, 0) is 35.0 Å². The lowest BCUT2D eigenvalue weighted by molar-refractivity contribution is -0.131. The lowest BCUT2D eigenvalue weighted by Gasteiger charge is -2.16. The fraction of sp³-hybridized carbons (Fsp3) is 0.176. The summed E-state index contributed by atoms with van der Waals surface area (Å²) in [7, 11) is 1.77. The Morgan fingerprint density at radius 3 is 2.54 bits per heavy atom. The molecule has 0 spiro atoms. The summed E-state index contributed by atoms with van der Waals surface area (Å²) in [6.07, 6.45) is 0. The van der Waals surface area contributed by atoms with Crippen molar-refractivity contribution >= 4 is 21.8 Å². The number of benzene rings is 2. The molecule has 1 aromatic heterocycles. The molecule has 7 heteroatoms. The number of nitrogens with zero attached hydrogens (tertiary/aromatic N) is 5. The third-order valence-corrected chi connectivity index (χ3v) is 4.05. The van der Waals surface area contributed by atoms with Gasteiger partial charge in [-0.15, -0.1) is 10.2 Å². The minimum atomic E-state index is -0.0707. The first-order valence-electron chi connectivity index (χ1n) is 7.43. The van der Waals surface area contributed by atoms with E-state index >= 15 is 0 Å². The fourth-order valence-corrected chi connectivity index (χ4v) is 2.48. The van der Waals surface area contributed by atoms with Gasteiger partial charge < -0.3 is 4.90 Å². The lowest BCUT2D eigenvalue weighted by atomic mass is 10.2. The monoisotopic (exact) mass is 385 g/mol. The molecule has 0 aliphatic carbocycles. The van der Waals surface area contributed by atoms with E-state index in [-0.39, 0.29) is 12.5 Å². The Morgan fingerprint density at radius 2 is 1.83 bits per heavy atom. The van der Waals surface area contributed by atoms with Crippen molar-refractivity contribution in [1.29, 1.82) is 0 Å². The summed E-state index contributed by atoms with van der Waals surface area (Å²) in [4.78, 5) is 15.3. The Balaban J connectivity index is 1.63. The maximum Gasteiger partial charge on any atom is 0.246 e. The third-order valence-electron chi connectivity index (χ3n) is 3.52. The number of carbonyl (C=O) groups is 1. The van der Waals surface area contributed by atoms with Crippen LogP contribution in [-0.4, -0.2) is 38.1 Å². The predicted molar refractivity (Wildman–Crippen MR) is 93.9 cm³/mol. The van der Waals surface area contributed by atoms with E-state index in [1.807, 2.05) is 54.6 Å². The summed E-state index contributed by atoms with van der Waals surface area (Å²) < 4.78 is 0.983. The van der Waals surface area contributed by atoms with Crippen LogP contribution in [0, 0.1) is 0 Å². The highest BCUT2D eigenvalue weighted by Crippen LogP contribution is 2.17. The summed E-state index contributed by atoms with van der Waals surface area (Å²) in [5, 5.41) is 12.2. The van der Waals surface area contributed by atoms with Crippen LogP contribution in [0.15, 0.2) is 59.1 Å². The van der Waals surface area contributed by atoms with Crippen molar-refractivity contribution in [3.8, 4) is 11.4 Å². The van der Waals surface area contributed by atoms with E-state index in [9.17, 15) is 4.79 Å². The highest BCUT2D eigenvalue weighted by Gasteiger charge is 2.13. The van der Waals surface area contributed by atoms with E-state index in [1.165, 1.54) is 4.80 Å². The number of halogens is 1. The molecular weight excluding hydrogens is 370 g/mol. The number of aromatic nitrogens is 4. The van der Waals surface area contributed by atoms with Crippen molar-refractivity contribution < 1.29 is 4.79 Å². The van der Waals surface area contributed by atoms with E-state index in [2.05, 4.69) is 31.3 Å². The molecule has 0 fully saturated rings. The number of hydrogen-bond acceptors (Lipinski definition) is 4. The molecular formula is C17H16BrN5O. The Bertz CT molecular complexity index is 817. The molecule has 1 heterocycles. The van der Waals surface area contributed by atoms with Gasteiger partial charge >= 0.3 is 0 Å². The zero-order chi connectivity index (χ0) is 16.9. The highest BCUT2D eigenvalue weighted by molar-refractivity contribution is 9.10. The molecule has 122 valence electrons. The van der Waals surface area contributed by atoms with Gasteiger partial charge in [-0.25, -0.2) is 0 Å². The number of tetrazole rings is 1. The third kappa shape index (κ3) is 4.05. The van der Waals surface area contributed by atoms with Crippen LogP contribution < -0.4 is 0 Å². The molecule has 24 heavy (non-hydrogen) atoms. The molecule has 0 bridgehead atoms. The van der Waals surface area contributed by atoms with Crippen LogP contribution in [0.5, 0.6) is 0 Å². The van der Waals surface area contributed by atoms with Gasteiger partial charge in [0.2, 0.25) is 11.7 Å². The molecule has 0 saturated heterocycles. The molecule has 1 amide bonds. The van der Waals surface area contributed by atoms with Gasteiger partial charge in [0.05, 0.1) is 0 Å². The van der Waals surface area contributed by atoms with Crippen LogP contribution in [0.4, 0.5) is 0 Å². The van der Waals surface area contributed by atoms with Crippen molar-refractivity contribution in [2.75, 3.05) is 7.05 Å². The van der Waals surface area contributed by atoms with Gasteiger partial charge in [0.1, 0.15) is 6.54 Å². The Labute approximate surface area is 148 Å². The summed E-state index contributed by atoms with van der Waals surface area (Å²) in [6.45, 7) is 0.612. The Morgan fingerprint density at radius 1 is 1.12 bits per heavy atom. The average Bonchev–Trinajstić information content (AvgIpc) is 3.05. The van der Waals surface area contributed by atoms with Crippen LogP contribution in [0.2, 0.25) is 0 Å². The van der Waals surface area contributed by atoms with Gasteiger partial charge in [0.15, 0.2) is 0 Å². The van der Waals surface area contributed by atoms with Gasteiger partial charge in [-0.1, -0.05) is 46.3 Å². The molecule has 0 atom stereocenters. The first-order valence-corrected chi connectivity index (χ1v) is 8.23. The van der Waals surface area contributed by atoms with Crippen LogP contribution in [0.25, 0.3) is 11.4 Å². The molecule has 0 aliphatic heterocycles. The van der Waals surface area contributed by atoms with Crippen LogP contribution in [0.1, 0.15) is 5.56 Å². The summed E-state index contributed by atoms with van der Waals surface area (Å²) >= 11 is 3.39. The summed E-state index contributed by atoms with van der Waals surface area (Å²) in [5.74, 6) is 0.430. The van der Waals surface area contributed by atoms with Crippen LogP contribution in [-0.2, 0) is 17.9 Å². The number of amides is 1. The molecule has 0 radical (unpaired) electrons. The second-order valence-corrected chi connectivity index (χ2v) is 6.30. The number of carbonyl (C=O) groups excluding carboxylic acids is 1. The van der Waals surface area contributed by atoms with E-state index < -0.39 is 0 Å². The minimum absolute atomic E-state index is 0.0624. The fourth-order valence-electron chi connectivity index (χ4n) is 2.21. The predicted octanol–water partition coefficient (Wildman–Crippen LogP) is 2.76. The van der Waals surface area contributed by atoms with Crippen molar-refractivity contribution in [2.24, 2.45) is 0 Å². The van der Waals surface area contributed by atoms with Crippen LogP contribution >= 0.6 is 15.9 Å². The standard InChI is InChI=1S/C17H16BrN5O/c1-22(11-13-5-3-2-4-6-13)16(24)12-23-20-17(19-21-23)14-7-9-15(18)10-8-14/h2-10H,11-12H2,1H3. The average molecular weight is 386 g/mol. The molecule has 0 aliphatic rings. The van der Waals surface area contributed by atoms with Crippen LogP contribution in [0.3, 0.4) is 0 Å². The quantitative estimate of drug-likeness (QED) is 0.677. The SMILES string of the molecule is CN(Cc1ccccc1)C(=O)Cn1nnc(-c2ccc(Br)cc2)n1. The van der Waals surface area contributed by atoms with Crippen molar-refractivity contribution in [1.82, 2.24) is 25.1 Å². The molecule has 0 N–H and O–H groups in total. The number of hydrogen-bond donors (Lipinski definition) is 0. The topological polar surface area (TPSA) is 63.9 Å². The molecule has 0 unspecified atom stereocenters. The van der Waals surface area contributed by atoms with E-state index in [4.69, 9.17) is 0 Å². The minimum Gasteiger partial charge on any atom is -0.340 e. The molecule has 3 rings (SSSR count). The number of rotatable bonds is 5. The second-order valence-electron chi connectivity index (χ2n) is 5.39. The zero-order valence-corrected chi connectivity index (χ0v) is 14.7. The largest absolute Gasteiger partial charge is 0.340 e. The Hall–Kier alpha value is -2.54. The van der Waals surface area contributed by atoms with Crippen molar-refractivity contribution in [3.05, 3.63) is 64.6 Å². The molecule has 2 aromatic carbocycles. The summed E-state index contributed by atoms with van der Waals surface area (Å²) in [6, 6.07) is 17.5. The molecule has 0 saturated carbocycles. The van der Waals surface area contributed by atoms with E-state index in [0.29, 0.717) is 12.4 Å². The maximum absolute atomic E-state index is 12.3.